The molecule has 3 nitrogen and oxygen atoms in total. The zero-order valence-corrected chi connectivity index (χ0v) is 11.7. The highest BCUT2D eigenvalue weighted by molar-refractivity contribution is 7.98. The second kappa shape index (κ2) is 5.06. The third kappa shape index (κ3) is 1.98. The molecule has 0 atom stereocenters. The average Bonchev–Trinajstić information content (AvgIpc) is 2.48. The molecule has 4 heteroatoms. The Balaban J connectivity index is 2.40. The van der Waals surface area contributed by atoms with E-state index in [1.165, 1.54) is 4.57 Å². The summed E-state index contributed by atoms with van der Waals surface area (Å²) >= 11 is 1.54. The molecule has 0 saturated heterocycles. The zero-order valence-electron chi connectivity index (χ0n) is 10.9. The summed E-state index contributed by atoms with van der Waals surface area (Å²) in [6.07, 6.45) is 1.95. The van der Waals surface area contributed by atoms with Crippen LogP contribution in [0.5, 0.6) is 5.88 Å². The fraction of sp³-hybridized carbons (Fsp3) is 0.0625. The maximum Gasteiger partial charge on any atom is 0.258 e. The van der Waals surface area contributed by atoms with Crippen LogP contribution in [0.3, 0.4) is 0 Å². The second-order valence-corrected chi connectivity index (χ2v) is 5.25. The van der Waals surface area contributed by atoms with Crippen molar-refractivity contribution >= 4 is 22.5 Å². The zero-order chi connectivity index (χ0) is 14.1. The Morgan fingerprint density at radius 2 is 1.75 bits per heavy atom. The molecule has 1 heterocycles. The summed E-state index contributed by atoms with van der Waals surface area (Å²) in [5.74, 6) is -0.0189. The molecule has 100 valence electrons. The maximum absolute atomic E-state index is 12.3. The summed E-state index contributed by atoms with van der Waals surface area (Å²) in [6, 6.07) is 16.4. The Morgan fingerprint density at radius 3 is 2.55 bits per heavy atom. The van der Waals surface area contributed by atoms with Gasteiger partial charge in [0.05, 0.1) is 5.69 Å². The van der Waals surface area contributed by atoms with Crippen molar-refractivity contribution in [3.63, 3.8) is 0 Å². The number of fused-ring (bicyclic) bond motifs is 1. The van der Waals surface area contributed by atoms with Gasteiger partial charge in [-0.25, -0.2) is 4.57 Å². The first-order valence-corrected chi connectivity index (χ1v) is 7.42. The molecule has 3 aromatic rings. The number of thioether (sulfide) groups is 1. The van der Waals surface area contributed by atoms with Gasteiger partial charge in [-0.2, -0.15) is 0 Å². The third-order valence-corrected chi connectivity index (χ3v) is 4.02. The standard InChI is InChI=1S/C16H13NO2S/c1-20-14-9-5-4-8-13(14)17-15(18)10-11-6-2-3-7-12(11)16(17)19/h2-10,19H,1H3. The Kier molecular flexibility index (Phi) is 3.24. The lowest BCUT2D eigenvalue weighted by Crippen LogP contribution is -2.17. The Morgan fingerprint density at radius 1 is 1.05 bits per heavy atom. The highest BCUT2D eigenvalue weighted by atomic mass is 32.2. The van der Waals surface area contributed by atoms with Gasteiger partial charge in [0, 0.05) is 16.3 Å². The number of nitrogens with zero attached hydrogens (tertiary/aromatic N) is 1. The van der Waals surface area contributed by atoms with Crippen molar-refractivity contribution in [3.05, 3.63) is 65.0 Å². The molecule has 0 aliphatic heterocycles. The maximum atomic E-state index is 12.3. The van der Waals surface area contributed by atoms with Crippen LogP contribution in [0, 0.1) is 0 Å². The number of rotatable bonds is 2. The minimum absolute atomic E-state index is 0.0189. The third-order valence-electron chi connectivity index (χ3n) is 3.24. The minimum atomic E-state index is -0.234. The quantitative estimate of drug-likeness (QED) is 0.733. The largest absolute Gasteiger partial charge is 0.494 e. The molecule has 0 spiro atoms. The van der Waals surface area contributed by atoms with Gasteiger partial charge < -0.3 is 5.11 Å². The number of hydrogen-bond donors (Lipinski definition) is 1. The summed E-state index contributed by atoms with van der Waals surface area (Å²) in [7, 11) is 0. The number of para-hydroxylation sites is 1. The van der Waals surface area contributed by atoms with Crippen LogP contribution >= 0.6 is 11.8 Å². The second-order valence-electron chi connectivity index (χ2n) is 4.40. The van der Waals surface area contributed by atoms with Crippen molar-refractivity contribution in [1.82, 2.24) is 4.57 Å². The molecule has 0 bridgehead atoms. The van der Waals surface area contributed by atoms with E-state index in [-0.39, 0.29) is 11.4 Å². The van der Waals surface area contributed by atoms with Gasteiger partial charge in [0.25, 0.3) is 5.56 Å². The lowest BCUT2D eigenvalue weighted by atomic mass is 10.1. The van der Waals surface area contributed by atoms with Crippen LogP contribution < -0.4 is 5.56 Å². The smallest absolute Gasteiger partial charge is 0.258 e. The molecule has 2 aromatic carbocycles. The van der Waals surface area contributed by atoms with E-state index in [9.17, 15) is 9.90 Å². The Bertz CT molecular complexity index is 839. The van der Waals surface area contributed by atoms with Crippen LogP contribution in [0.15, 0.2) is 64.3 Å². The summed E-state index contributed by atoms with van der Waals surface area (Å²) in [5.41, 5.74) is 0.468. The fourth-order valence-electron chi connectivity index (χ4n) is 2.30. The normalized spacial score (nSPS) is 10.8. The molecule has 1 aromatic heterocycles. The lowest BCUT2D eigenvalue weighted by Gasteiger charge is -2.13. The van der Waals surface area contributed by atoms with Crippen molar-refractivity contribution in [2.45, 2.75) is 4.90 Å². The first-order valence-electron chi connectivity index (χ1n) is 6.19. The van der Waals surface area contributed by atoms with Crippen LogP contribution in [-0.4, -0.2) is 15.9 Å². The van der Waals surface area contributed by atoms with Crippen LogP contribution in [-0.2, 0) is 0 Å². The van der Waals surface area contributed by atoms with Crippen LogP contribution in [0.4, 0.5) is 0 Å². The van der Waals surface area contributed by atoms with Gasteiger partial charge in [-0.15, -0.1) is 11.8 Å². The van der Waals surface area contributed by atoms with Crippen molar-refractivity contribution in [1.29, 1.82) is 0 Å². The number of aromatic hydroxyl groups is 1. The Hall–Kier alpha value is -2.20. The molecule has 20 heavy (non-hydrogen) atoms. The molecule has 0 fully saturated rings. The SMILES string of the molecule is CSc1ccccc1-n1c(O)c2ccccc2cc1=O. The van der Waals surface area contributed by atoms with E-state index in [4.69, 9.17) is 0 Å². The van der Waals surface area contributed by atoms with Gasteiger partial charge in [0.15, 0.2) is 0 Å². The predicted molar refractivity (Wildman–Crippen MR) is 83.0 cm³/mol. The molecule has 0 aliphatic rings. The number of hydrogen-bond acceptors (Lipinski definition) is 3. The van der Waals surface area contributed by atoms with Crippen molar-refractivity contribution < 1.29 is 5.11 Å². The molecular weight excluding hydrogens is 270 g/mol. The molecular formula is C16H13NO2S. The average molecular weight is 283 g/mol. The number of pyridine rings is 1. The van der Waals surface area contributed by atoms with Gasteiger partial charge in [0.2, 0.25) is 5.88 Å². The summed E-state index contributed by atoms with van der Waals surface area (Å²) in [6.45, 7) is 0. The molecule has 0 amide bonds. The minimum Gasteiger partial charge on any atom is -0.494 e. The molecule has 0 saturated carbocycles. The van der Waals surface area contributed by atoms with E-state index < -0.39 is 0 Å². The molecule has 3 rings (SSSR count). The van der Waals surface area contributed by atoms with Gasteiger partial charge >= 0.3 is 0 Å². The molecule has 0 radical (unpaired) electrons. The van der Waals surface area contributed by atoms with E-state index in [0.717, 1.165) is 10.3 Å². The summed E-state index contributed by atoms with van der Waals surface area (Å²) in [5, 5.41) is 11.9. The summed E-state index contributed by atoms with van der Waals surface area (Å²) < 4.78 is 1.36. The van der Waals surface area contributed by atoms with Crippen LogP contribution in [0.1, 0.15) is 0 Å². The highest BCUT2D eigenvalue weighted by Gasteiger charge is 2.12. The van der Waals surface area contributed by atoms with E-state index in [1.54, 1.807) is 17.8 Å². The highest BCUT2D eigenvalue weighted by Crippen LogP contribution is 2.29. The van der Waals surface area contributed by atoms with Crippen LogP contribution in [0.2, 0.25) is 0 Å². The number of benzene rings is 2. The molecule has 1 N–H and O–H groups in total. The van der Waals surface area contributed by atoms with Gasteiger partial charge in [-0.1, -0.05) is 30.3 Å². The van der Waals surface area contributed by atoms with Gasteiger partial charge in [-0.05, 0) is 29.8 Å². The van der Waals surface area contributed by atoms with E-state index in [2.05, 4.69) is 0 Å². The first kappa shape index (κ1) is 12.8. The topological polar surface area (TPSA) is 42.2 Å². The lowest BCUT2D eigenvalue weighted by molar-refractivity contribution is 0.442. The van der Waals surface area contributed by atoms with Crippen molar-refractivity contribution in [3.8, 4) is 11.6 Å². The molecule has 0 unspecified atom stereocenters. The predicted octanol–water partition coefficient (Wildman–Crippen LogP) is 3.42. The first-order chi connectivity index (χ1) is 9.72. The fourth-order valence-corrected chi connectivity index (χ4v) is 2.88. The van der Waals surface area contributed by atoms with E-state index >= 15 is 0 Å². The van der Waals surface area contributed by atoms with Crippen molar-refractivity contribution in [2.24, 2.45) is 0 Å². The van der Waals surface area contributed by atoms with Gasteiger partial charge in [-0.3, -0.25) is 4.79 Å². The monoisotopic (exact) mass is 283 g/mol. The summed E-state index contributed by atoms with van der Waals surface area (Å²) in [4.78, 5) is 13.3. The molecule has 0 aliphatic carbocycles. The Labute approximate surface area is 120 Å². The van der Waals surface area contributed by atoms with E-state index in [1.807, 2.05) is 54.8 Å². The van der Waals surface area contributed by atoms with E-state index in [0.29, 0.717) is 11.1 Å². The van der Waals surface area contributed by atoms with Crippen molar-refractivity contribution in [2.75, 3.05) is 6.26 Å². The van der Waals surface area contributed by atoms with Crippen LogP contribution in [0.25, 0.3) is 16.5 Å². The number of aromatic nitrogens is 1. The van der Waals surface area contributed by atoms with Gasteiger partial charge in [0.1, 0.15) is 0 Å².